The first-order valence-corrected chi connectivity index (χ1v) is 6.40. The lowest BCUT2D eigenvalue weighted by molar-refractivity contribution is 0.414. The Morgan fingerprint density at radius 1 is 1.41 bits per heavy atom. The molecule has 0 spiro atoms. The van der Waals surface area contributed by atoms with Crippen molar-refractivity contribution in [3.8, 4) is 5.75 Å². The van der Waals surface area contributed by atoms with Gasteiger partial charge in [0.05, 0.1) is 17.8 Å². The van der Waals surface area contributed by atoms with Gasteiger partial charge in [0.2, 0.25) is 10.0 Å². The van der Waals surface area contributed by atoms with Gasteiger partial charge < -0.3 is 10.5 Å². The summed E-state index contributed by atoms with van der Waals surface area (Å²) in [4.78, 5) is 0.154. The highest BCUT2D eigenvalue weighted by molar-refractivity contribution is 7.89. The first kappa shape index (κ1) is 13.5. The van der Waals surface area contributed by atoms with Crippen molar-refractivity contribution < 1.29 is 13.2 Å². The Labute approximate surface area is 100 Å². The summed E-state index contributed by atoms with van der Waals surface area (Å²) in [7, 11) is -2.03. The van der Waals surface area contributed by atoms with Crippen LogP contribution in [0.3, 0.4) is 0 Å². The fourth-order valence-corrected chi connectivity index (χ4v) is 2.19. The van der Waals surface area contributed by atoms with Gasteiger partial charge in [-0.1, -0.05) is 0 Å². The molecule has 17 heavy (non-hydrogen) atoms. The van der Waals surface area contributed by atoms with Gasteiger partial charge in [-0.25, -0.2) is 13.1 Å². The summed E-state index contributed by atoms with van der Waals surface area (Å²) in [6, 6.07) is 6.04. The second-order valence-corrected chi connectivity index (χ2v) is 5.12. The number of nitrogens with one attached hydrogen (secondary N) is 2. The average molecular weight is 257 g/mol. The van der Waals surface area contributed by atoms with E-state index in [4.69, 9.17) is 15.9 Å². The van der Waals surface area contributed by atoms with E-state index in [1.165, 1.54) is 19.2 Å². The Morgan fingerprint density at radius 2 is 2.00 bits per heavy atom. The van der Waals surface area contributed by atoms with Gasteiger partial charge in [-0.2, -0.15) is 0 Å². The molecule has 6 nitrogen and oxygen atoms in total. The molecule has 1 aromatic carbocycles. The van der Waals surface area contributed by atoms with Crippen molar-refractivity contribution in [2.75, 3.05) is 13.7 Å². The molecule has 0 aromatic heterocycles. The highest BCUT2D eigenvalue weighted by atomic mass is 32.2. The van der Waals surface area contributed by atoms with Crippen LogP contribution in [0, 0.1) is 5.41 Å². The van der Waals surface area contributed by atoms with Crippen molar-refractivity contribution in [1.82, 2.24) is 4.72 Å². The van der Waals surface area contributed by atoms with Crippen molar-refractivity contribution in [3.05, 3.63) is 24.3 Å². The van der Waals surface area contributed by atoms with Gasteiger partial charge in [-0.3, -0.25) is 5.41 Å². The number of amidine groups is 1. The van der Waals surface area contributed by atoms with Crippen LogP contribution < -0.4 is 15.2 Å². The molecular formula is C10H15N3O3S. The molecule has 0 radical (unpaired) electrons. The molecule has 0 aliphatic rings. The van der Waals surface area contributed by atoms with Crippen LogP contribution in [-0.4, -0.2) is 27.9 Å². The summed E-state index contributed by atoms with van der Waals surface area (Å²) < 4.78 is 30.8. The van der Waals surface area contributed by atoms with E-state index in [1.54, 1.807) is 12.1 Å². The van der Waals surface area contributed by atoms with Crippen LogP contribution in [0.25, 0.3) is 0 Å². The maximum atomic E-state index is 11.8. The van der Waals surface area contributed by atoms with Gasteiger partial charge in [0.1, 0.15) is 5.75 Å². The van der Waals surface area contributed by atoms with Crippen LogP contribution in [-0.2, 0) is 10.0 Å². The van der Waals surface area contributed by atoms with E-state index in [1.807, 2.05) is 0 Å². The zero-order chi connectivity index (χ0) is 12.9. The molecule has 0 aliphatic carbocycles. The monoisotopic (exact) mass is 257 g/mol. The van der Waals surface area contributed by atoms with Crippen molar-refractivity contribution in [2.45, 2.75) is 11.3 Å². The summed E-state index contributed by atoms with van der Waals surface area (Å²) in [6.45, 7) is 0.115. The molecule has 0 fully saturated rings. The van der Waals surface area contributed by atoms with E-state index < -0.39 is 10.0 Å². The third-order valence-corrected chi connectivity index (χ3v) is 3.53. The van der Waals surface area contributed by atoms with Crippen molar-refractivity contribution in [3.63, 3.8) is 0 Å². The van der Waals surface area contributed by atoms with Gasteiger partial charge in [0, 0.05) is 13.0 Å². The summed E-state index contributed by atoms with van der Waals surface area (Å²) in [5, 5.41) is 6.99. The van der Waals surface area contributed by atoms with E-state index >= 15 is 0 Å². The minimum atomic E-state index is -3.54. The number of methoxy groups -OCH3 is 1. The van der Waals surface area contributed by atoms with Crippen LogP contribution in [0.5, 0.6) is 5.75 Å². The Kier molecular flexibility index (Phi) is 4.47. The number of ether oxygens (including phenoxy) is 1. The molecule has 7 heteroatoms. The topological polar surface area (TPSA) is 105 Å². The predicted octanol–water partition coefficient (Wildman–Crippen LogP) is 0.300. The highest BCUT2D eigenvalue weighted by Gasteiger charge is 2.13. The van der Waals surface area contributed by atoms with Crippen LogP contribution >= 0.6 is 0 Å². The predicted molar refractivity (Wildman–Crippen MR) is 64.7 cm³/mol. The highest BCUT2D eigenvalue weighted by Crippen LogP contribution is 2.14. The fourth-order valence-electron chi connectivity index (χ4n) is 1.16. The standard InChI is InChI=1S/C10H15N3O3S/c1-16-8-2-4-9(5-3-8)17(14,15)13-7-6-10(11)12/h2-5,13H,6-7H2,1H3,(H3,11,12). The van der Waals surface area contributed by atoms with Gasteiger partial charge in [0.25, 0.3) is 0 Å². The summed E-state index contributed by atoms with van der Waals surface area (Å²) in [5.41, 5.74) is 5.13. The Balaban J connectivity index is 2.72. The summed E-state index contributed by atoms with van der Waals surface area (Å²) in [6.07, 6.45) is 0.190. The second-order valence-electron chi connectivity index (χ2n) is 3.35. The Bertz CT molecular complexity index is 482. The lowest BCUT2D eigenvalue weighted by Gasteiger charge is -2.06. The molecule has 0 unspecified atom stereocenters. The maximum Gasteiger partial charge on any atom is 0.240 e. The number of benzene rings is 1. The number of rotatable bonds is 6. The normalized spacial score (nSPS) is 11.1. The van der Waals surface area contributed by atoms with Crippen molar-refractivity contribution in [2.24, 2.45) is 5.73 Å². The van der Waals surface area contributed by atoms with Crippen LogP contribution in [0.15, 0.2) is 29.2 Å². The molecule has 94 valence electrons. The van der Waals surface area contributed by atoms with Gasteiger partial charge in [-0.15, -0.1) is 0 Å². The van der Waals surface area contributed by atoms with E-state index in [0.717, 1.165) is 0 Å². The largest absolute Gasteiger partial charge is 0.497 e. The molecule has 0 saturated heterocycles. The molecule has 1 aromatic rings. The van der Waals surface area contributed by atoms with Crippen LogP contribution in [0.4, 0.5) is 0 Å². The quantitative estimate of drug-likeness (QED) is 0.503. The van der Waals surface area contributed by atoms with E-state index in [9.17, 15) is 8.42 Å². The second kappa shape index (κ2) is 5.65. The number of nitrogens with two attached hydrogens (primary N) is 1. The SMILES string of the molecule is COc1ccc(S(=O)(=O)NCCC(=N)N)cc1. The summed E-state index contributed by atoms with van der Waals surface area (Å²) >= 11 is 0. The molecular weight excluding hydrogens is 242 g/mol. The van der Waals surface area contributed by atoms with Gasteiger partial charge in [-0.05, 0) is 24.3 Å². The van der Waals surface area contributed by atoms with E-state index in [-0.39, 0.29) is 23.7 Å². The minimum absolute atomic E-state index is 0.0533. The average Bonchev–Trinajstić information content (AvgIpc) is 2.28. The van der Waals surface area contributed by atoms with E-state index in [2.05, 4.69) is 4.72 Å². The smallest absolute Gasteiger partial charge is 0.240 e. The number of hydrogen-bond acceptors (Lipinski definition) is 4. The van der Waals surface area contributed by atoms with E-state index in [0.29, 0.717) is 5.75 Å². The Hall–Kier alpha value is -1.60. The summed E-state index contributed by atoms with van der Waals surface area (Å²) in [5.74, 6) is 0.537. The molecule has 0 amide bonds. The number of hydrogen-bond donors (Lipinski definition) is 3. The zero-order valence-corrected chi connectivity index (χ0v) is 10.3. The van der Waals surface area contributed by atoms with Gasteiger partial charge in [0.15, 0.2) is 0 Å². The third-order valence-electron chi connectivity index (χ3n) is 2.06. The van der Waals surface area contributed by atoms with Crippen LogP contribution in [0.1, 0.15) is 6.42 Å². The third kappa shape index (κ3) is 4.04. The molecule has 1 rings (SSSR count). The molecule has 0 atom stereocenters. The Morgan fingerprint density at radius 3 is 2.47 bits per heavy atom. The first-order valence-electron chi connectivity index (χ1n) is 4.92. The maximum absolute atomic E-state index is 11.8. The first-order chi connectivity index (χ1) is 7.95. The van der Waals surface area contributed by atoms with Crippen molar-refractivity contribution >= 4 is 15.9 Å². The zero-order valence-electron chi connectivity index (χ0n) is 9.43. The van der Waals surface area contributed by atoms with Crippen LogP contribution in [0.2, 0.25) is 0 Å². The van der Waals surface area contributed by atoms with Crippen molar-refractivity contribution in [1.29, 1.82) is 5.41 Å². The number of sulfonamides is 1. The fraction of sp³-hybridized carbons (Fsp3) is 0.300. The molecule has 0 saturated carbocycles. The lowest BCUT2D eigenvalue weighted by atomic mass is 10.3. The lowest BCUT2D eigenvalue weighted by Crippen LogP contribution is -2.27. The minimum Gasteiger partial charge on any atom is -0.497 e. The molecule has 0 bridgehead atoms. The molecule has 0 heterocycles. The van der Waals surface area contributed by atoms with Gasteiger partial charge >= 0.3 is 0 Å². The molecule has 4 N–H and O–H groups in total. The molecule has 0 aliphatic heterocycles.